The first kappa shape index (κ1) is 18.4. The van der Waals surface area contributed by atoms with E-state index in [1.54, 1.807) is 0 Å². The summed E-state index contributed by atoms with van der Waals surface area (Å²) in [5.41, 5.74) is 2.68. The van der Waals surface area contributed by atoms with Crippen molar-refractivity contribution < 1.29 is 9.84 Å². The van der Waals surface area contributed by atoms with E-state index in [0.29, 0.717) is 6.61 Å². The molecule has 1 heterocycles. The van der Waals surface area contributed by atoms with Crippen molar-refractivity contribution in [1.29, 1.82) is 0 Å². The molecule has 0 aliphatic carbocycles. The van der Waals surface area contributed by atoms with E-state index in [1.807, 2.05) is 0 Å². The fraction of sp³-hybridized carbons (Fsp3) is 0.700. The lowest BCUT2D eigenvalue weighted by molar-refractivity contribution is 0.0512. The molecule has 0 aromatic heterocycles. The maximum atomic E-state index is 9.11. The first-order valence-electron chi connectivity index (χ1n) is 9.35. The van der Waals surface area contributed by atoms with Crippen molar-refractivity contribution in [2.75, 3.05) is 13.2 Å². The normalized spacial score (nSPS) is 21.0. The average molecular weight is 319 g/mol. The molecule has 1 aliphatic rings. The third kappa shape index (κ3) is 7.03. The molecule has 0 radical (unpaired) electrons. The Bertz CT molecular complexity index is 418. The minimum atomic E-state index is 0.201. The number of unbranched alkanes of at least 4 members (excludes halogenated alkanes) is 5. The van der Waals surface area contributed by atoms with Crippen LogP contribution in [-0.4, -0.2) is 30.4 Å². The third-order valence-corrected chi connectivity index (χ3v) is 4.73. The van der Waals surface area contributed by atoms with Gasteiger partial charge in [-0.15, -0.1) is 0 Å². The van der Waals surface area contributed by atoms with E-state index in [0.717, 1.165) is 13.0 Å². The minimum Gasteiger partial charge on any atom is -0.395 e. The van der Waals surface area contributed by atoms with Gasteiger partial charge in [0.15, 0.2) is 0 Å². The fourth-order valence-corrected chi connectivity index (χ4v) is 3.17. The first-order chi connectivity index (χ1) is 11.3. The van der Waals surface area contributed by atoms with E-state index in [2.05, 4.69) is 36.5 Å². The van der Waals surface area contributed by atoms with Crippen LogP contribution in [0.5, 0.6) is 0 Å². The van der Waals surface area contributed by atoms with Gasteiger partial charge in [0.05, 0.1) is 19.3 Å². The summed E-state index contributed by atoms with van der Waals surface area (Å²) in [6.07, 6.45) is 10.5. The van der Waals surface area contributed by atoms with Crippen molar-refractivity contribution in [3.05, 3.63) is 35.4 Å². The maximum Gasteiger partial charge on any atom is 0.0721 e. The number of ether oxygens (including phenoxy) is 1. The first-order valence-corrected chi connectivity index (χ1v) is 9.35. The molecule has 3 nitrogen and oxygen atoms in total. The van der Waals surface area contributed by atoms with Crippen molar-refractivity contribution in [3.63, 3.8) is 0 Å². The SMILES string of the molecule is CCCCCCCCc1ccc(CO[C@H]2CN[C@@H](CO)C2)cc1. The number of hydrogen-bond donors (Lipinski definition) is 2. The lowest BCUT2D eigenvalue weighted by Crippen LogP contribution is -2.24. The largest absolute Gasteiger partial charge is 0.395 e. The highest BCUT2D eigenvalue weighted by Crippen LogP contribution is 2.15. The Hall–Kier alpha value is -0.900. The second kappa shape index (κ2) is 10.8. The summed E-state index contributed by atoms with van der Waals surface area (Å²) in [7, 11) is 0. The van der Waals surface area contributed by atoms with Crippen LogP contribution in [0, 0.1) is 0 Å². The van der Waals surface area contributed by atoms with Crippen LogP contribution in [0.2, 0.25) is 0 Å². The molecule has 0 amide bonds. The van der Waals surface area contributed by atoms with Gasteiger partial charge < -0.3 is 15.2 Å². The maximum absolute atomic E-state index is 9.11. The molecule has 2 atom stereocenters. The van der Waals surface area contributed by atoms with Gasteiger partial charge in [-0.1, -0.05) is 63.3 Å². The number of aliphatic hydroxyl groups excluding tert-OH is 1. The van der Waals surface area contributed by atoms with Gasteiger partial charge in [0, 0.05) is 12.6 Å². The van der Waals surface area contributed by atoms with Crippen molar-refractivity contribution >= 4 is 0 Å². The summed E-state index contributed by atoms with van der Waals surface area (Å²) in [6, 6.07) is 9.08. The molecule has 1 saturated heterocycles. The zero-order valence-corrected chi connectivity index (χ0v) is 14.6. The van der Waals surface area contributed by atoms with Crippen LogP contribution in [0.3, 0.4) is 0 Å². The molecule has 1 aromatic carbocycles. The molecule has 23 heavy (non-hydrogen) atoms. The number of nitrogens with one attached hydrogen (secondary N) is 1. The second-order valence-corrected chi connectivity index (χ2v) is 6.79. The third-order valence-electron chi connectivity index (χ3n) is 4.73. The predicted molar refractivity (Wildman–Crippen MR) is 95.6 cm³/mol. The minimum absolute atomic E-state index is 0.201. The van der Waals surface area contributed by atoms with Crippen molar-refractivity contribution in [2.24, 2.45) is 0 Å². The molecule has 1 aromatic rings. The van der Waals surface area contributed by atoms with Crippen LogP contribution in [0.4, 0.5) is 0 Å². The van der Waals surface area contributed by atoms with E-state index in [4.69, 9.17) is 9.84 Å². The number of aliphatic hydroxyl groups is 1. The van der Waals surface area contributed by atoms with E-state index < -0.39 is 0 Å². The van der Waals surface area contributed by atoms with Gasteiger partial charge in [-0.25, -0.2) is 0 Å². The molecule has 0 unspecified atom stereocenters. The lowest BCUT2D eigenvalue weighted by Gasteiger charge is -2.11. The van der Waals surface area contributed by atoms with Gasteiger partial charge in [-0.05, 0) is 30.4 Å². The molecule has 1 aliphatic heterocycles. The highest BCUT2D eigenvalue weighted by atomic mass is 16.5. The van der Waals surface area contributed by atoms with Gasteiger partial charge in [0.25, 0.3) is 0 Å². The van der Waals surface area contributed by atoms with E-state index >= 15 is 0 Å². The molecule has 2 N–H and O–H groups in total. The van der Waals surface area contributed by atoms with Crippen LogP contribution >= 0.6 is 0 Å². The molecule has 0 saturated carbocycles. The van der Waals surface area contributed by atoms with E-state index in [1.165, 1.54) is 56.1 Å². The van der Waals surface area contributed by atoms with Crippen LogP contribution in [0.15, 0.2) is 24.3 Å². The molecule has 0 bridgehead atoms. The molecule has 0 spiro atoms. The van der Waals surface area contributed by atoms with Crippen LogP contribution in [0.1, 0.15) is 63.0 Å². The van der Waals surface area contributed by atoms with Crippen LogP contribution in [0.25, 0.3) is 0 Å². The Balaban J connectivity index is 1.60. The van der Waals surface area contributed by atoms with Crippen molar-refractivity contribution in [3.8, 4) is 0 Å². The Morgan fingerprint density at radius 3 is 2.43 bits per heavy atom. The number of rotatable bonds is 11. The van der Waals surface area contributed by atoms with Crippen molar-refractivity contribution in [2.45, 2.75) is 77.0 Å². The van der Waals surface area contributed by atoms with Gasteiger partial charge in [0.1, 0.15) is 0 Å². The smallest absolute Gasteiger partial charge is 0.0721 e. The van der Waals surface area contributed by atoms with Gasteiger partial charge in [0.2, 0.25) is 0 Å². The topological polar surface area (TPSA) is 41.5 Å². The van der Waals surface area contributed by atoms with Gasteiger partial charge in [-0.3, -0.25) is 0 Å². The van der Waals surface area contributed by atoms with Crippen molar-refractivity contribution in [1.82, 2.24) is 5.32 Å². The predicted octanol–water partition coefficient (Wildman–Crippen LogP) is 3.83. The Morgan fingerprint density at radius 1 is 1.04 bits per heavy atom. The number of aryl methyl sites for hydroxylation is 1. The summed E-state index contributed by atoms with van der Waals surface area (Å²) in [5.74, 6) is 0. The summed E-state index contributed by atoms with van der Waals surface area (Å²) >= 11 is 0. The average Bonchev–Trinajstić information content (AvgIpc) is 3.05. The summed E-state index contributed by atoms with van der Waals surface area (Å²) < 4.78 is 5.92. The van der Waals surface area contributed by atoms with Gasteiger partial charge in [-0.2, -0.15) is 0 Å². The van der Waals surface area contributed by atoms with Crippen LogP contribution in [-0.2, 0) is 17.8 Å². The van der Waals surface area contributed by atoms with E-state index in [9.17, 15) is 0 Å². The lowest BCUT2D eigenvalue weighted by atomic mass is 10.0. The number of hydrogen-bond acceptors (Lipinski definition) is 3. The summed E-state index contributed by atoms with van der Waals surface area (Å²) in [4.78, 5) is 0. The molecular weight excluding hydrogens is 286 g/mol. The van der Waals surface area contributed by atoms with Gasteiger partial charge >= 0.3 is 0 Å². The molecule has 1 fully saturated rings. The fourth-order valence-electron chi connectivity index (χ4n) is 3.17. The molecular formula is C20H33NO2. The molecule has 2 rings (SSSR count). The van der Waals surface area contributed by atoms with E-state index in [-0.39, 0.29) is 18.8 Å². The Kier molecular flexibility index (Phi) is 8.66. The summed E-state index contributed by atoms with van der Waals surface area (Å²) in [6.45, 7) is 3.98. The zero-order valence-electron chi connectivity index (χ0n) is 14.6. The monoisotopic (exact) mass is 319 g/mol. The Labute approximate surface area is 141 Å². The second-order valence-electron chi connectivity index (χ2n) is 6.79. The highest BCUT2D eigenvalue weighted by molar-refractivity contribution is 5.22. The number of benzene rings is 1. The molecule has 130 valence electrons. The quantitative estimate of drug-likeness (QED) is 0.609. The Morgan fingerprint density at radius 2 is 1.74 bits per heavy atom. The highest BCUT2D eigenvalue weighted by Gasteiger charge is 2.23. The molecule has 3 heteroatoms. The van der Waals surface area contributed by atoms with Crippen LogP contribution < -0.4 is 5.32 Å². The standard InChI is InChI=1S/C20H33NO2/c1-2-3-4-5-6-7-8-17-9-11-18(12-10-17)16-23-20-13-19(15-22)21-14-20/h9-12,19-22H,2-8,13-16H2,1H3/t19-,20-/m1/s1. The zero-order chi connectivity index (χ0) is 16.3. The summed E-state index contributed by atoms with van der Waals surface area (Å²) in [5, 5.41) is 12.4.